The molecule has 0 saturated heterocycles. The Balaban J connectivity index is 2.20. The summed E-state index contributed by atoms with van der Waals surface area (Å²) in [5.74, 6) is 1.50. The summed E-state index contributed by atoms with van der Waals surface area (Å²) in [6.07, 6.45) is 6.73. The first-order chi connectivity index (χ1) is 8.76. The van der Waals surface area contributed by atoms with E-state index in [-0.39, 0.29) is 0 Å². The minimum atomic E-state index is 0.413. The van der Waals surface area contributed by atoms with Gasteiger partial charge in [-0.15, -0.1) is 0 Å². The largest absolute Gasteiger partial charge is 0.495 e. The molecule has 2 rings (SSSR count). The normalized spacial score (nSPS) is 18.6. The van der Waals surface area contributed by atoms with Gasteiger partial charge in [0.05, 0.1) is 12.1 Å². The fourth-order valence-electron chi connectivity index (χ4n) is 3.01. The molecule has 0 bridgehead atoms. The molecule has 1 fully saturated rings. The second-order valence-corrected chi connectivity index (χ2v) is 5.47. The smallest absolute Gasteiger partial charge is 0.137 e. The molecule has 0 heterocycles. The van der Waals surface area contributed by atoms with Crippen LogP contribution in [0.15, 0.2) is 18.2 Å². The number of benzene rings is 1. The van der Waals surface area contributed by atoms with Gasteiger partial charge in [-0.05, 0) is 43.5 Å². The van der Waals surface area contributed by atoms with Crippen molar-refractivity contribution in [1.82, 2.24) is 5.32 Å². The Labute approximate surface area is 115 Å². The van der Waals surface area contributed by atoms with Gasteiger partial charge >= 0.3 is 0 Å². The first kappa shape index (κ1) is 13.7. The second-order valence-electron chi connectivity index (χ2n) is 5.06. The first-order valence-electron chi connectivity index (χ1n) is 6.77. The number of nitrogens with one attached hydrogen (secondary N) is 1. The van der Waals surface area contributed by atoms with Gasteiger partial charge in [-0.1, -0.05) is 36.9 Å². The molecule has 0 radical (unpaired) electrons. The van der Waals surface area contributed by atoms with Crippen LogP contribution in [0, 0.1) is 5.92 Å². The third-order valence-corrected chi connectivity index (χ3v) is 4.28. The molecule has 0 aromatic heterocycles. The average molecular weight is 268 g/mol. The highest BCUT2D eigenvalue weighted by molar-refractivity contribution is 6.32. The Hall–Kier alpha value is -0.730. The molecule has 1 aliphatic carbocycles. The van der Waals surface area contributed by atoms with Crippen LogP contribution in [0.4, 0.5) is 0 Å². The standard InChI is InChI=1S/C15H22ClNO/c1-17-15(11-6-4-3-5-7-11)12-8-9-13(16)14(10-12)18-2/h8-11,15,17H,3-7H2,1-2H3. The Bertz CT molecular complexity index is 388. The van der Waals surface area contributed by atoms with E-state index in [1.807, 2.05) is 13.1 Å². The predicted octanol–water partition coefficient (Wildman–Crippen LogP) is 4.19. The van der Waals surface area contributed by atoms with Crippen LogP contribution in [0.5, 0.6) is 5.75 Å². The maximum Gasteiger partial charge on any atom is 0.137 e. The SMILES string of the molecule is CNC(c1ccc(Cl)c(OC)c1)C1CCCCC1. The fourth-order valence-corrected chi connectivity index (χ4v) is 3.21. The molecule has 100 valence electrons. The van der Waals surface area contributed by atoms with E-state index in [4.69, 9.17) is 16.3 Å². The third-order valence-electron chi connectivity index (χ3n) is 3.97. The van der Waals surface area contributed by atoms with E-state index < -0.39 is 0 Å². The molecular formula is C15H22ClNO. The Morgan fingerprint density at radius 1 is 1.28 bits per heavy atom. The topological polar surface area (TPSA) is 21.3 Å². The molecule has 18 heavy (non-hydrogen) atoms. The Morgan fingerprint density at radius 3 is 2.61 bits per heavy atom. The van der Waals surface area contributed by atoms with Gasteiger partial charge < -0.3 is 10.1 Å². The summed E-state index contributed by atoms with van der Waals surface area (Å²) < 4.78 is 5.31. The summed E-state index contributed by atoms with van der Waals surface area (Å²) >= 11 is 6.08. The van der Waals surface area contributed by atoms with Crippen LogP contribution < -0.4 is 10.1 Å². The van der Waals surface area contributed by atoms with Crippen molar-refractivity contribution >= 4 is 11.6 Å². The molecule has 3 heteroatoms. The average Bonchev–Trinajstić information content (AvgIpc) is 2.42. The minimum absolute atomic E-state index is 0.413. The fraction of sp³-hybridized carbons (Fsp3) is 0.600. The lowest BCUT2D eigenvalue weighted by molar-refractivity contribution is 0.281. The summed E-state index contributed by atoms with van der Waals surface area (Å²) in [5, 5.41) is 4.14. The molecule has 1 aliphatic rings. The van der Waals surface area contributed by atoms with E-state index in [1.165, 1.54) is 37.7 Å². The molecule has 2 nitrogen and oxygen atoms in total. The molecule has 1 N–H and O–H groups in total. The lowest BCUT2D eigenvalue weighted by Crippen LogP contribution is -2.26. The van der Waals surface area contributed by atoms with Crippen LogP contribution in [0.1, 0.15) is 43.7 Å². The molecule has 1 unspecified atom stereocenters. The molecule has 1 aromatic carbocycles. The van der Waals surface area contributed by atoms with Crippen molar-refractivity contribution < 1.29 is 4.74 Å². The van der Waals surface area contributed by atoms with Gasteiger partial charge in [0, 0.05) is 6.04 Å². The maximum atomic E-state index is 6.08. The number of rotatable bonds is 4. The van der Waals surface area contributed by atoms with Crippen LogP contribution >= 0.6 is 11.6 Å². The number of hydrogen-bond acceptors (Lipinski definition) is 2. The second kappa shape index (κ2) is 6.44. The van der Waals surface area contributed by atoms with Gasteiger partial charge in [0.25, 0.3) is 0 Å². The van der Waals surface area contributed by atoms with Gasteiger partial charge in [-0.2, -0.15) is 0 Å². The van der Waals surface area contributed by atoms with Crippen LogP contribution in [-0.2, 0) is 0 Å². The van der Waals surface area contributed by atoms with Crippen molar-refractivity contribution in [2.45, 2.75) is 38.1 Å². The summed E-state index contributed by atoms with van der Waals surface area (Å²) in [4.78, 5) is 0. The zero-order chi connectivity index (χ0) is 13.0. The highest BCUT2D eigenvalue weighted by Crippen LogP contribution is 2.36. The van der Waals surface area contributed by atoms with Crippen LogP contribution in [0.2, 0.25) is 5.02 Å². The van der Waals surface area contributed by atoms with Crippen molar-refractivity contribution in [3.63, 3.8) is 0 Å². The molecule has 0 aliphatic heterocycles. The molecule has 0 amide bonds. The van der Waals surface area contributed by atoms with E-state index in [0.717, 1.165) is 11.7 Å². The molecular weight excluding hydrogens is 246 g/mol. The summed E-state index contributed by atoms with van der Waals surface area (Å²) in [7, 11) is 3.71. The highest BCUT2D eigenvalue weighted by Gasteiger charge is 2.24. The quantitative estimate of drug-likeness (QED) is 0.883. The molecule has 1 saturated carbocycles. The number of hydrogen-bond donors (Lipinski definition) is 1. The van der Waals surface area contributed by atoms with Crippen molar-refractivity contribution in [2.24, 2.45) is 5.92 Å². The highest BCUT2D eigenvalue weighted by atomic mass is 35.5. The van der Waals surface area contributed by atoms with Crippen molar-refractivity contribution in [3.05, 3.63) is 28.8 Å². The number of ether oxygens (including phenoxy) is 1. The number of halogens is 1. The van der Waals surface area contributed by atoms with E-state index in [1.54, 1.807) is 7.11 Å². The van der Waals surface area contributed by atoms with Gasteiger partial charge in [-0.3, -0.25) is 0 Å². The van der Waals surface area contributed by atoms with Crippen LogP contribution in [0.3, 0.4) is 0 Å². The molecule has 1 atom stereocenters. The number of methoxy groups -OCH3 is 1. The third kappa shape index (κ3) is 2.99. The summed E-state index contributed by atoms with van der Waals surface area (Å²) in [6, 6.07) is 6.53. The lowest BCUT2D eigenvalue weighted by Gasteiger charge is -2.30. The monoisotopic (exact) mass is 267 g/mol. The van der Waals surface area contributed by atoms with Crippen molar-refractivity contribution in [2.75, 3.05) is 14.2 Å². The zero-order valence-corrected chi connectivity index (χ0v) is 12.0. The van der Waals surface area contributed by atoms with Crippen molar-refractivity contribution in [1.29, 1.82) is 0 Å². The van der Waals surface area contributed by atoms with E-state index >= 15 is 0 Å². The van der Waals surface area contributed by atoms with E-state index in [2.05, 4.69) is 17.4 Å². The summed E-state index contributed by atoms with van der Waals surface area (Å²) in [5.41, 5.74) is 1.28. The van der Waals surface area contributed by atoms with Crippen LogP contribution in [-0.4, -0.2) is 14.2 Å². The molecule has 1 aromatic rings. The molecule has 0 spiro atoms. The summed E-state index contributed by atoms with van der Waals surface area (Å²) in [6.45, 7) is 0. The maximum absolute atomic E-state index is 6.08. The first-order valence-corrected chi connectivity index (χ1v) is 7.14. The minimum Gasteiger partial charge on any atom is -0.495 e. The predicted molar refractivity (Wildman–Crippen MR) is 76.4 cm³/mol. The van der Waals surface area contributed by atoms with Gasteiger partial charge in [-0.25, -0.2) is 0 Å². The Morgan fingerprint density at radius 2 is 2.00 bits per heavy atom. The van der Waals surface area contributed by atoms with Crippen molar-refractivity contribution in [3.8, 4) is 5.75 Å². The van der Waals surface area contributed by atoms with Crippen LogP contribution in [0.25, 0.3) is 0 Å². The zero-order valence-electron chi connectivity index (χ0n) is 11.2. The lowest BCUT2D eigenvalue weighted by atomic mass is 9.81. The Kier molecular flexibility index (Phi) is 4.90. The van der Waals surface area contributed by atoms with Gasteiger partial charge in [0.2, 0.25) is 0 Å². The van der Waals surface area contributed by atoms with Gasteiger partial charge in [0.1, 0.15) is 5.75 Å². The van der Waals surface area contributed by atoms with E-state index in [9.17, 15) is 0 Å². The van der Waals surface area contributed by atoms with E-state index in [0.29, 0.717) is 11.1 Å². The van der Waals surface area contributed by atoms with Gasteiger partial charge in [0.15, 0.2) is 0 Å².